The van der Waals surface area contributed by atoms with E-state index in [1.54, 1.807) is 25.3 Å². The first-order valence-corrected chi connectivity index (χ1v) is 10.4. The Kier molecular flexibility index (Phi) is 7.53. The highest BCUT2D eigenvalue weighted by Gasteiger charge is 2.23. The molecule has 2 heterocycles. The molecule has 156 valence electrons. The van der Waals surface area contributed by atoms with Gasteiger partial charge in [-0.25, -0.2) is 4.39 Å². The molecule has 1 aliphatic heterocycles. The fourth-order valence-electron chi connectivity index (χ4n) is 3.67. The summed E-state index contributed by atoms with van der Waals surface area (Å²) in [6.07, 6.45) is 1.89. The summed E-state index contributed by atoms with van der Waals surface area (Å²) in [5.41, 5.74) is 2.99. The van der Waals surface area contributed by atoms with Gasteiger partial charge in [-0.05, 0) is 55.3 Å². The predicted molar refractivity (Wildman–Crippen MR) is 115 cm³/mol. The first-order valence-electron chi connectivity index (χ1n) is 9.97. The molecule has 0 aliphatic carbocycles. The van der Waals surface area contributed by atoms with Crippen LogP contribution in [0.1, 0.15) is 38.3 Å². The van der Waals surface area contributed by atoms with Crippen LogP contribution in [0.15, 0.2) is 42.5 Å². The number of halogens is 2. The highest BCUT2D eigenvalue weighted by molar-refractivity contribution is 6.31. The van der Waals surface area contributed by atoms with Crippen molar-refractivity contribution in [2.24, 2.45) is 0 Å². The van der Waals surface area contributed by atoms with E-state index in [-0.39, 0.29) is 12.6 Å². The summed E-state index contributed by atoms with van der Waals surface area (Å²) in [6.45, 7) is 5.62. The standard InChI is InChI=1S/C21H21ClFNO3.C2H6/c1-25-13-27-21-11-15(22)10-20-18(21)12-19(14-6-8-26-9-7-14)24(20)17-4-2-16(23)3-5-17;1-2/h2-5,10-12,14H,6-9,13H2,1H3;1-2H3. The molecule has 0 amide bonds. The van der Waals surface area contributed by atoms with Gasteiger partial charge >= 0.3 is 0 Å². The molecule has 4 nitrogen and oxygen atoms in total. The van der Waals surface area contributed by atoms with E-state index in [9.17, 15) is 4.39 Å². The largest absolute Gasteiger partial charge is 0.467 e. The van der Waals surface area contributed by atoms with Crippen molar-refractivity contribution in [3.63, 3.8) is 0 Å². The summed E-state index contributed by atoms with van der Waals surface area (Å²) in [4.78, 5) is 0. The van der Waals surface area contributed by atoms with E-state index in [0.717, 1.165) is 48.3 Å². The number of aromatic nitrogens is 1. The van der Waals surface area contributed by atoms with Crippen LogP contribution in [0, 0.1) is 5.82 Å². The second kappa shape index (κ2) is 10.1. The second-order valence-corrected chi connectivity index (χ2v) is 7.09. The van der Waals surface area contributed by atoms with Gasteiger partial charge in [-0.3, -0.25) is 0 Å². The lowest BCUT2D eigenvalue weighted by Crippen LogP contribution is -2.16. The maximum atomic E-state index is 13.5. The van der Waals surface area contributed by atoms with Crippen molar-refractivity contribution >= 4 is 22.5 Å². The number of benzene rings is 2. The molecule has 1 aliphatic rings. The number of methoxy groups -OCH3 is 1. The van der Waals surface area contributed by atoms with Gasteiger partial charge < -0.3 is 18.8 Å². The van der Waals surface area contributed by atoms with Crippen molar-refractivity contribution in [3.8, 4) is 11.4 Å². The Morgan fingerprint density at radius 2 is 1.79 bits per heavy atom. The summed E-state index contributed by atoms with van der Waals surface area (Å²) in [6, 6.07) is 12.4. The quantitative estimate of drug-likeness (QED) is 0.453. The van der Waals surface area contributed by atoms with Crippen LogP contribution in [0.2, 0.25) is 5.02 Å². The van der Waals surface area contributed by atoms with E-state index in [0.29, 0.717) is 16.7 Å². The number of ether oxygens (including phenoxy) is 3. The van der Waals surface area contributed by atoms with Crippen LogP contribution in [-0.4, -0.2) is 31.7 Å². The Morgan fingerprint density at radius 3 is 2.45 bits per heavy atom. The minimum Gasteiger partial charge on any atom is -0.467 e. The minimum atomic E-state index is -0.259. The van der Waals surface area contributed by atoms with Gasteiger partial charge in [0.05, 0.1) is 5.52 Å². The van der Waals surface area contributed by atoms with E-state index in [2.05, 4.69) is 10.6 Å². The summed E-state index contributed by atoms with van der Waals surface area (Å²) in [5.74, 6) is 0.767. The summed E-state index contributed by atoms with van der Waals surface area (Å²) in [7, 11) is 1.58. The zero-order valence-electron chi connectivity index (χ0n) is 17.1. The van der Waals surface area contributed by atoms with Crippen molar-refractivity contribution < 1.29 is 18.6 Å². The van der Waals surface area contributed by atoms with Gasteiger partial charge in [0, 0.05) is 48.0 Å². The maximum Gasteiger partial charge on any atom is 0.188 e. The summed E-state index contributed by atoms with van der Waals surface area (Å²) >= 11 is 6.37. The zero-order chi connectivity index (χ0) is 20.8. The molecule has 29 heavy (non-hydrogen) atoms. The van der Waals surface area contributed by atoms with Crippen molar-refractivity contribution in [3.05, 3.63) is 59.0 Å². The van der Waals surface area contributed by atoms with Gasteiger partial charge in [0.1, 0.15) is 11.6 Å². The van der Waals surface area contributed by atoms with Gasteiger partial charge in [-0.1, -0.05) is 25.4 Å². The second-order valence-electron chi connectivity index (χ2n) is 6.66. The molecule has 0 bridgehead atoms. The fourth-order valence-corrected chi connectivity index (χ4v) is 3.88. The topological polar surface area (TPSA) is 32.6 Å². The minimum absolute atomic E-state index is 0.143. The SMILES string of the molecule is CC.COCOc1cc(Cl)cc2c1cc(C1CCOCC1)n2-c1ccc(F)cc1. The third kappa shape index (κ3) is 4.74. The zero-order valence-corrected chi connectivity index (χ0v) is 17.8. The Balaban J connectivity index is 0.00000117. The van der Waals surface area contributed by atoms with Crippen LogP contribution in [0.3, 0.4) is 0 Å². The van der Waals surface area contributed by atoms with Gasteiger partial charge in [0.15, 0.2) is 6.79 Å². The summed E-state index contributed by atoms with van der Waals surface area (Å²) < 4.78 is 32.0. The molecule has 0 spiro atoms. The number of nitrogens with zero attached hydrogens (tertiary/aromatic N) is 1. The normalized spacial score (nSPS) is 14.5. The van der Waals surface area contributed by atoms with Crippen LogP contribution in [0.25, 0.3) is 16.6 Å². The average molecular weight is 420 g/mol. The molecule has 3 aromatic rings. The van der Waals surface area contributed by atoms with Crippen molar-refractivity contribution in [2.45, 2.75) is 32.6 Å². The lowest BCUT2D eigenvalue weighted by molar-refractivity contribution is 0.0522. The maximum absolute atomic E-state index is 13.5. The number of hydrogen-bond acceptors (Lipinski definition) is 3. The molecule has 0 unspecified atom stereocenters. The molecule has 1 saturated heterocycles. The lowest BCUT2D eigenvalue weighted by atomic mass is 9.96. The first-order chi connectivity index (χ1) is 14.2. The Labute approximate surface area is 176 Å². The average Bonchev–Trinajstić information content (AvgIpc) is 3.14. The van der Waals surface area contributed by atoms with Crippen molar-refractivity contribution in [1.82, 2.24) is 4.57 Å². The van der Waals surface area contributed by atoms with Crippen LogP contribution < -0.4 is 4.74 Å². The number of fused-ring (bicyclic) bond motifs is 1. The lowest BCUT2D eigenvalue weighted by Gasteiger charge is -2.24. The molecule has 0 N–H and O–H groups in total. The monoisotopic (exact) mass is 419 g/mol. The van der Waals surface area contributed by atoms with Gasteiger partial charge in [0.25, 0.3) is 0 Å². The molecule has 0 atom stereocenters. The molecular weight excluding hydrogens is 393 g/mol. The van der Waals surface area contributed by atoms with Gasteiger partial charge in [-0.2, -0.15) is 0 Å². The predicted octanol–water partition coefficient (Wildman–Crippen LogP) is 6.33. The third-order valence-corrected chi connectivity index (χ3v) is 5.15. The van der Waals surface area contributed by atoms with Crippen molar-refractivity contribution in [2.75, 3.05) is 27.1 Å². The molecule has 1 aromatic heterocycles. The molecule has 0 radical (unpaired) electrons. The number of hydrogen-bond donors (Lipinski definition) is 0. The molecule has 6 heteroatoms. The molecule has 0 saturated carbocycles. The van der Waals surface area contributed by atoms with E-state index < -0.39 is 0 Å². The number of rotatable bonds is 5. The highest BCUT2D eigenvalue weighted by atomic mass is 35.5. The van der Waals surface area contributed by atoms with E-state index in [4.69, 9.17) is 25.8 Å². The van der Waals surface area contributed by atoms with Gasteiger partial charge in [0.2, 0.25) is 0 Å². The first kappa shape index (κ1) is 21.6. The van der Waals surface area contributed by atoms with Crippen LogP contribution in [0.5, 0.6) is 5.75 Å². The molecule has 1 fully saturated rings. The van der Waals surface area contributed by atoms with Crippen LogP contribution in [-0.2, 0) is 9.47 Å². The molecule has 2 aromatic carbocycles. The Bertz CT molecular complexity index is 933. The highest BCUT2D eigenvalue weighted by Crippen LogP contribution is 2.39. The Hall–Kier alpha value is -2.08. The van der Waals surface area contributed by atoms with E-state index in [1.807, 2.05) is 19.9 Å². The smallest absolute Gasteiger partial charge is 0.188 e. The van der Waals surface area contributed by atoms with E-state index >= 15 is 0 Å². The van der Waals surface area contributed by atoms with Crippen LogP contribution >= 0.6 is 11.6 Å². The van der Waals surface area contributed by atoms with Gasteiger partial charge in [-0.15, -0.1) is 0 Å². The third-order valence-electron chi connectivity index (χ3n) is 4.93. The molecular formula is C23H27ClFNO3. The fraction of sp³-hybridized carbons (Fsp3) is 0.391. The summed E-state index contributed by atoms with van der Waals surface area (Å²) in [5, 5.41) is 1.54. The van der Waals surface area contributed by atoms with Crippen molar-refractivity contribution in [1.29, 1.82) is 0 Å². The Morgan fingerprint density at radius 1 is 1.10 bits per heavy atom. The van der Waals surface area contributed by atoms with Crippen LogP contribution in [0.4, 0.5) is 4.39 Å². The molecule has 4 rings (SSSR count). The van der Waals surface area contributed by atoms with E-state index in [1.165, 1.54) is 12.1 Å².